The zero-order chi connectivity index (χ0) is 19.9. The van der Waals surface area contributed by atoms with E-state index >= 15 is 0 Å². The van der Waals surface area contributed by atoms with Crippen molar-refractivity contribution in [2.45, 2.75) is 52.0 Å². The van der Waals surface area contributed by atoms with E-state index in [1.165, 1.54) is 24.4 Å². The first kappa shape index (κ1) is 24.2. The summed E-state index contributed by atoms with van der Waals surface area (Å²) in [4.78, 5) is 12.6. The monoisotopic (exact) mass is 376 g/mol. The van der Waals surface area contributed by atoms with Crippen LogP contribution in [0, 0.1) is 0 Å². The molecule has 0 aliphatic heterocycles. The molecule has 144 valence electrons. The molecule has 0 aliphatic carbocycles. The van der Waals surface area contributed by atoms with Gasteiger partial charge in [-0.3, -0.25) is 0 Å². The summed E-state index contributed by atoms with van der Waals surface area (Å²) in [7, 11) is 1.37. The number of esters is 1. The van der Waals surface area contributed by atoms with Gasteiger partial charge >= 0.3 is 5.97 Å². The van der Waals surface area contributed by atoms with Gasteiger partial charge in [-0.05, 0) is 29.7 Å². The lowest BCUT2D eigenvalue weighted by Gasteiger charge is -2.13. The van der Waals surface area contributed by atoms with Gasteiger partial charge in [0.15, 0.2) is 0 Å². The van der Waals surface area contributed by atoms with Crippen LogP contribution < -0.4 is 0 Å². The molecule has 2 aromatic rings. The van der Waals surface area contributed by atoms with E-state index in [1.54, 1.807) is 12.1 Å². The molecule has 4 heteroatoms. The molecule has 0 amide bonds. The second-order valence-corrected chi connectivity index (χ2v) is 5.97. The Bertz CT molecular complexity index is 641. The molecule has 0 radical (unpaired) electrons. The predicted molar refractivity (Wildman–Crippen MR) is 112 cm³/mol. The van der Waals surface area contributed by atoms with Gasteiger partial charge in [-0.1, -0.05) is 71.0 Å². The third-order valence-corrected chi connectivity index (χ3v) is 4.58. The molecule has 1 N–H and O–H groups in total. The molecule has 0 heterocycles. The second-order valence-electron chi connectivity index (χ2n) is 4.91. The minimum atomic E-state index is -0.567. The van der Waals surface area contributed by atoms with Crippen LogP contribution in [0.2, 0.25) is 0 Å². The maximum Gasteiger partial charge on any atom is 0.338 e. The fourth-order valence-corrected chi connectivity index (χ4v) is 3.17. The van der Waals surface area contributed by atoms with E-state index in [-0.39, 0.29) is 5.97 Å². The van der Waals surface area contributed by atoms with Crippen molar-refractivity contribution in [1.82, 2.24) is 0 Å². The number of methoxy groups -OCH3 is 1. The summed E-state index contributed by atoms with van der Waals surface area (Å²) in [5.41, 5.74) is 2.64. The third kappa shape index (κ3) is 7.63. The number of hydrogen-bond acceptors (Lipinski definition) is 4. The van der Waals surface area contributed by atoms with E-state index < -0.39 is 6.10 Å². The van der Waals surface area contributed by atoms with Gasteiger partial charge in [-0.25, -0.2) is 4.79 Å². The molecule has 3 nitrogen and oxygen atoms in total. The van der Waals surface area contributed by atoms with Crippen LogP contribution in [0.4, 0.5) is 0 Å². The molecule has 0 saturated heterocycles. The van der Waals surface area contributed by atoms with E-state index in [9.17, 15) is 9.90 Å². The molecule has 26 heavy (non-hydrogen) atoms. The normalized spacial score (nSPS) is 10.6. The predicted octanol–water partition coefficient (Wildman–Crippen LogP) is 5.91. The Hall–Kier alpha value is -1.78. The van der Waals surface area contributed by atoms with Crippen molar-refractivity contribution in [3.05, 3.63) is 65.2 Å². The SMILES string of the molecule is CC.CC.CCc1cccc(C(O)CSc2ccccc2C(=O)OC)c1. The van der Waals surface area contributed by atoms with E-state index in [4.69, 9.17) is 4.74 Å². The molecule has 0 spiro atoms. The lowest BCUT2D eigenvalue weighted by Crippen LogP contribution is -2.05. The summed E-state index contributed by atoms with van der Waals surface area (Å²) in [5.74, 6) is 0.131. The summed E-state index contributed by atoms with van der Waals surface area (Å²) < 4.78 is 4.78. The van der Waals surface area contributed by atoms with Gasteiger partial charge in [0.25, 0.3) is 0 Å². The Balaban J connectivity index is 0.00000146. The Morgan fingerprint density at radius 2 is 1.73 bits per heavy atom. The van der Waals surface area contributed by atoms with Gasteiger partial charge in [-0.15, -0.1) is 11.8 Å². The molecule has 2 rings (SSSR count). The molecule has 0 aromatic heterocycles. The third-order valence-electron chi connectivity index (χ3n) is 3.43. The van der Waals surface area contributed by atoms with Crippen molar-refractivity contribution in [2.75, 3.05) is 12.9 Å². The fourth-order valence-electron chi connectivity index (χ4n) is 2.16. The molecule has 0 bridgehead atoms. The number of rotatable bonds is 6. The number of benzene rings is 2. The summed E-state index contributed by atoms with van der Waals surface area (Å²) in [6.45, 7) is 10.1. The standard InChI is InChI=1S/C18H20O3S.2C2H6/c1-3-13-7-6-8-14(11-13)16(19)12-22-17-10-5-4-9-15(17)18(20)21-2;2*1-2/h4-11,16,19H,3,12H2,1-2H3;2*1-2H3. The molecular weight excluding hydrogens is 344 g/mol. The quantitative estimate of drug-likeness (QED) is 0.502. The van der Waals surface area contributed by atoms with Crippen molar-refractivity contribution in [3.8, 4) is 0 Å². The summed E-state index contributed by atoms with van der Waals surface area (Å²) in [5, 5.41) is 10.4. The summed E-state index contributed by atoms with van der Waals surface area (Å²) in [6.07, 6.45) is 0.376. The number of carbonyl (C=O) groups excluding carboxylic acids is 1. The number of aryl methyl sites for hydroxylation is 1. The van der Waals surface area contributed by atoms with Crippen molar-refractivity contribution >= 4 is 17.7 Å². The Kier molecular flexibility index (Phi) is 13.4. The highest BCUT2D eigenvalue weighted by Gasteiger charge is 2.14. The van der Waals surface area contributed by atoms with Gasteiger partial charge in [0.05, 0.1) is 18.8 Å². The van der Waals surface area contributed by atoms with Crippen LogP contribution in [0.1, 0.15) is 62.2 Å². The van der Waals surface area contributed by atoms with Gasteiger partial charge < -0.3 is 9.84 Å². The van der Waals surface area contributed by atoms with Crippen LogP contribution >= 0.6 is 11.8 Å². The number of aliphatic hydroxyl groups is 1. The smallest absolute Gasteiger partial charge is 0.338 e. The van der Waals surface area contributed by atoms with Crippen molar-refractivity contribution in [1.29, 1.82) is 0 Å². The first-order valence-electron chi connectivity index (χ1n) is 9.22. The molecule has 1 unspecified atom stereocenters. The van der Waals surface area contributed by atoms with Crippen molar-refractivity contribution < 1.29 is 14.6 Å². The van der Waals surface area contributed by atoms with Crippen LogP contribution in [-0.2, 0) is 11.2 Å². The molecule has 2 aromatic carbocycles. The first-order chi connectivity index (χ1) is 12.7. The second kappa shape index (κ2) is 14.4. The van der Waals surface area contributed by atoms with Crippen LogP contribution in [0.3, 0.4) is 0 Å². The lowest BCUT2D eigenvalue weighted by atomic mass is 10.1. The largest absolute Gasteiger partial charge is 0.465 e. The first-order valence-corrected chi connectivity index (χ1v) is 10.2. The molecule has 0 fully saturated rings. The van der Waals surface area contributed by atoms with Gasteiger partial charge in [0.2, 0.25) is 0 Å². The fraction of sp³-hybridized carbons (Fsp3) is 0.409. The molecule has 0 aliphatic rings. The molecular formula is C22H32O3S. The van der Waals surface area contributed by atoms with Gasteiger partial charge in [0, 0.05) is 10.6 Å². The van der Waals surface area contributed by atoms with Gasteiger partial charge in [0.1, 0.15) is 0 Å². The number of carbonyl (C=O) groups is 1. The highest BCUT2D eigenvalue weighted by molar-refractivity contribution is 7.99. The van der Waals surface area contributed by atoms with Gasteiger partial charge in [-0.2, -0.15) is 0 Å². The average Bonchev–Trinajstić information content (AvgIpc) is 2.74. The van der Waals surface area contributed by atoms with Crippen LogP contribution in [-0.4, -0.2) is 23.9 Å². The highest BCUT2D eigenvalue weighted by atomic mass is 32.2. The topological polar surface area (TPSA) is 46.5 Å². The maximum atomic E-state index is 11.7. The zero-order valence-corrected chi connectivity index (χ0v) is 17.6. The summed E-state index contributed by atoms with van der Waals surface area (Å²) in [6, 6.07) is 15.2. The Labute approximate surface area is 162 Å². The van der Waals surface area contributed by atoms with E-state index in [2.05, 4.69) is 13.0 Å². The number of thioether (sulfide) groups is 1. The Morgan fingerprint density at radius 3 is 2.35 bits per heavy atom. The number of hydrogen-bond donors (Lipinski definition) is 1. The number of ether oxygens (including phenoxy) is 1. The van der Waals surface area contributed by atoms with E-state index in [1.807, 2.05) is 58.0 Å². The molecule has 0 saturated carbocycles. The van der Waals surface area contributed by atoms with Crippen molar-refractivity contribution in [2.24, 2.45) is 0 Å². The van der Waals surface area contributed by atoms with Crippen LogP contribution in [0.15, 0.2) is 53.4 Å². The van der Waals surface area contributed by atoms with Crippen LogP contribution in [0.5, 0.6) is 0 Å². The lowest BCUT2D eigenvalue weighted by molar-refractivity contribution is 0.0596. The average molecular weight is 377 g/mol. The van der Waals surface area contributed by atoms with Crippen molar-refractivity contribution in [3.63, 3.8) is 0 Å². The minimum absolute atomic E-state index is 0.356. The number of aliphatic hydroxyl groups excluding tert-OH is 1. The van der Waals surface area contributed by atoms with Crippen LogP contribution in [0.25, 0.3) is 0 Å². The maximum absolute atomic E-state index is 11.7. The summed E-state index contributed by atoms with van der Waals surface area (Å²) >= 11 is 1.46. The Morgan fingerprint density at radius 1 is 1.08 bits per heavy atom. The highest BCUT2D eigenvalue weighted by Crippen LogP contribution is 2.28. The minimum Gasteiger partial charge on any atom is -0.465 e. The zero-order valence-electron chi connectivity index (χ0n) is 16.8. The van der Waals surface area contributed by atoms with E-state index in [0.29, 0.717) is 11.3 Å². The molecule has 1 atom stereocenters. The van der Waals surface area contributed by atoms with E-state index in [0.717, 1.165) is 16.9 Å².